The van der Waals surface area contributed by atoms with Gasteiger partial charge in [0.25, 0.3) is 0 Å². The van der Waals surface area contributed by atoms with Crippen molar-refractivity contribution in [1.82, 2.24) is 9.29 Å². The van der Waals surface area contributed by atoms with Crippen molar-refractivity contribution in [3.05, 3.63) is 47.7 Å². The van der Waals surface area contributed by atoms with Crippen molar-refractivity contribution in [2.75, 3.05) is 31.1 Å². The highest BCUT2D eigenvalue weighted by Crippen LogP contribution is 2.28. The lowest BCUT2D eigenvalue weighted by atomic mass is 10.3. The van der Waals surface area contributed by atoms with Crippen LogP contribution in [0.25, 0.3) is 0 Å². The highest BCUT2D eigenvalue weighted by atomic mass is 35.5. The van der Waals surface area contributed by atoms with Crippen LogP contribution >= 0.6 is 11.6 Å². The van der Waals surface area contributed by atoms with E-state index < -0.39 is 22.1 Å². The molecular weight excluding hydrogens is 407 g/mol. The minimum absolute atomic E-state index is 0.0904. The van der Waals surface area contributed by atoms with E-state index in [4.69, 9.17) is 11.6 Å². The SMILES string of the molecule is O=S(=O)(c1ccc(OC(F)(F)F)cc1)N1CCN(c2ccncc2Cl)CC1. The highest BCUT2D eigenvalue weighted by Gasteiger charge is 2.32. The van der Waals surface area contributed by atoms with Gasteiger partial charge in [0.1, 0.15) is 5.75 Å². The third kappa shape index (κ3) is 4.63. The van der Waals surface area contributed by atoms with Gasteiger partial charge in [0.2, 0.25) is 10.0 Å². The standard InChI is InChI=1S/C16H15ClF3N3O3S/c17-14-11-21-6-5-15(14)22-7-9-23(10-8-22)27(24,25)13-3-1-12(2-4-13)26-16(18,19)20/h1-6,11H,7-10H2. The second kappa shape index (κ2) is 7.53. The summed E-state index contributed by atoms with van der Waals surface area (Å²) in [7, 11) is -3.81. The number of anilines is 1. The number of hydrogen-bond acceptors (Lipinski definition) is 5. The maximum absolute atomic E-state index is 12.7. The Kier molecular flexibility index (Phi) is 5.50. The number of pyridine rings is 1. The first kappa shape index (κ1) is 19.7. The minimum Gasteiger partial charge on any atom is -0.406 e. The van der Waals surface area contributed by atoms with Crippen LogP contribution in [-0.2, 0) is 10.0 Å². The van der Waals surface area contributed by atoms with E-state index in [1.165, 1.54) is 10.5 Å². The summed E-state index contributed by atoms with van der Waals surface area (Å²) in [5.74, 6) is -0.474. The van der Waals surface area contributed by atoms with Crippen molar-refractivity contribution in [3.63, 3.8) is 0 Å². The molecule has 1 aliphatic heterocycles. The topological polar surface area (TPSA) is 62.7 Å². The van der Waals surface area contributed by atoms with Crippen molar-refractivity contribution < 1.29 is 26.3 Å². The molecule has 6 nitrogen and oxygen atoms in total. The molecule has 0 spiro atoms. The monoisotopic (exact) mass is 421 g/mol. The third-order valence-electron chi connectivity index (χ3n) is 4.03. The molecule has 1 saturated heterocycles. The second-order valence-corrected chi connectivity index (χ2v) is 8.08. The Morgan fingerprint density at radius 3 is 2.22 bits per heavy atom. The molecule has 2 aromatic rings. The summed E-state index contributed by atoms with van der Waals surface area (Å²) in [6.45, 7) is 1.31. The Labute approximate surface area is 159 Å². The molecule has 0 saturated carbocycles. The molecule has 27 heavy (non-hydrogen) atoms. The number of piperazine rings is 1. The number of benzene rings is 1. The number of nitrogens with zero attached hydrogens (tertiary/aromatic N) is 3. The lowest BCUT2D eigenvalue weighted by molar-refractivity contribution is -0.274. The van der Waals surface area contributed by atoms with Crippen LogP contribution in [0.1, 0.15) is 0 Å². The number of hydrogen-bond donors (Lipinski definition) is 0. The fourth-order valence-electron chi connectivity index (χ4n) is 2.76. The van der Waals surface area contributed by atoms with Crippen LogP contribution in [0.2, 0.25) is 5.02 Å². The molecule has 1 aliphatic rings. The molecule has 0 radical (unpaired) electrons. The van der Waals surface area contributed by atoms with E-state index in [9.17, 15) is 21.6 Å². The van der Waals surface area contributed by atoms with Gasteiger partial charge in [0, 0.05) is 38.6 Å². The number of rotatable bonds is 4. The molecule has 0 aliphatic carbocycles. The Bertz CT molecular complexity index is 899. The van der Waals surface area contributed by atoms with Gasteiger partial charge in [0.15, 0.2) is 0 Å². The van der Waals surface area contributed by atoms with Gasteiger partial charge in [-0.15, -0.1) is 13.2 Å². The van der Waals surface area contributed by atoms with Gasteiger partial charge in [-0.2, -0.15) is 4.31 Å². The summed E-state index contributed by atoms with van der Waals surface area (Å²) in [6.07, 6.45) is -1.70. The number of sulfonamides is 1. The molecule has 0 bridgehead atoms. The van der Waals surface area contributed by atoms with Gasteiger partial charge in [-0.1, -0.05) is 11.6 Å². The Hall–Kier alpha value is -2.04. The summed E-state index contributed by atoms with van der Waals surface area (Å²) in [4.78, 5) is 5.78. The van der Waals surface area contributed by atoms with E-state index in [-0.39, 0.29) is 18.0 Å². The van der Waals surface area contributed by atoms with Gasteiger partial charge in [-0.25, -0.2) is 8.42 Å². The maximum atomic E-state index is 12.7. The highest BCUT2D eigenvalue weighted by molar-refractivity contribution is 7.89. The maximum Gasteiger partial charge on any atom is 0.573 e. The van der Waals surface area contributed by atoms with Crippen molar-refractivity contribution in [2.45, 2.75) is 11.3 Å². The first-order valence-corrected chi connectivity index (χ1v) is 9.69. The van der Waals surface area contributed by atoms with Gasteiger partial charge in [-0.05, 0) is 30.3 Å². The number of halogens is 4. The molecule has 1 aromatic heterocycles. The van der Waals surface area contributed by atoms with E-state index in [1.807, 2.05) is 4.90 Å². The van der Waals surface area contributed by atoms with E-state index >= 15 is 0 Å². The van der Waals surface area contributed by atoms with Crippen LogP contribution in [0.3, 0.4) is 0 Å². The summed E-state index contributed by atoms with van der Waals surface area (Å²) in [5.41, 5.74) is 0.775. The van der Waals surface area contributed by atoms with Crippen LogP contribution in [0.5, 0.6) is 5.75 Å². The normalized spacial score (nSPS) is 16.4. The van der Waals surface area contributed by atoms with Crippen molar-refractivity contribution in [1.29, 1.82) is 0 Å². The lowest BCUT2D eigenvalue weighted by Crippen LogP contribution is -2.48. The largest absolute Gasteiger partial charge is 0.573 e. The predicted octanol–water partition coefficient (Wildman–Crippen LogP) is 3.14. The Morgan fingerprint density at radius 1 is 1.04 bits per heavy atom. The van der Waals surface area contributed by atoms with Crippen LogP contribution < -0.4 is 9.64 Å². The number of alkyl halides is 3. The smallest absolute Gasteiger partial charge is 0.406 e. The molecule has 1 fully saturated rings. The fourth-order valence-corrected chi connectivity index (χ4v) is 4.42. The quantitative estimate of drug-likeness (QED) is 0.759. The van der Waals surface area contributed by atoms with Crippen LogP contribution in [0.15, 0.2) is 47.6 Å². The van der Waals surface area contributed by atoms with E-state index in [0.29, 0.717) is 18.1 Å². The second-order valence-electron chi connectivity index (χ2n) is 5.74. The molecule has 0 amide bonds. The van der Waals surface area contributed by atoms with E-state index in [0.717, 1.165) is 30.0 Å². The van der Waals surface area contributed by atoms with E-state index in [1.54, 1.807) is 12.3 Å². The summed E-state index contributed by atoms with van der Waals surface area (Å²) < 4.78 is 67.1. The minimum atomic E-state index is -4.83. The van der Waals surface area contributed by atoms with Gasteiger partial charge < -0.3 is 9.64 Å². The molecule has 2 heterocycles. The zero-order chi connectivity index (χ0) is 19.7. The Balaban J connectivity index is 1.69. The van der Waals surface area contributed by atoms with Gasteiger partial charge >= 0.3 is 6.36 Å². The molecule has 11 heteroatoms. The number of aromatic nitrogens is 1. The van der Waals surface area contributed by atoms with Crippen LogP contribution in [-0.4, -0.2) is 50.2 Å². The summed E-state index contributed by atoms with van der Waals surface area (Å²) in [5, 5.41) is 0.481. The summed E-state index contributed by atoms with van der Waals surface area (Å²) >= 11 is 6.11. The van der Waals surface area contributed by atoms with Gasteiger partial charge in [0.05, 0.1) is 15.6 Å². The molecular formula is C16H15ClF3N3O3S. The van der Waals surface area contributed by atoms with Crippen molar-refractivity contribution in [2.24, 2.45) is 0 Å². The molecule has 3 rings (SSSR count). The molecule has 1 aromatic carbocycles. The average Bonchev–Trinajstić information content (AvgIpc) is 2.61. The van der Waals surface area contributed by atoms with Gasteiger partial charge in [-0.3, -0.25) is 4.98 Å². The molecule has 0 atom stereocenters. The lowest BCUT2D eigenvalue weighted by Gasteiger charge is -2.35. The fraction of sp³-hybridized carbons (Fsp3) is 0.312. The molecule has 0 unspecified atom stereocenters. The van der Waals surface area contributed by atoms with Crippen molar-refractivity contribution >= 4 is 27.3 Å². The third-order valence-corrected chi connectivity index (χ3v) is 6.23. The van der Waals surface area contributed by atoms with Crippen LogP contribution in [0.4, 0.5) is 18.9 Å². The molecule has 146 valence electrons. The predicted molar refractivity (Wildman–Crippen MR) is 93.3 cm³/mol. The first-order chi connectivity index (χ1) is 12.7. The Morgan fingerprint density at radius 2 is 1.67 bits per heavy atom. The average molecular weight is 422 g/mol. The number of ether oxygens (including phenoxy) is 1. The molecule has 0 N–H and O–H groups in total. The van der Waals surface area contributed by atoms with E-state index in [2.05, 4.69) is 9.72 Å². The van der Waals surface area contributed by atoms with Crippen molar-refractivity contribution in [3.8, 4) is 5.75 Å². The zero-order valence-corrected chi connectivity index (χ0v) is 15.4. The zero-order valence-electron chi connectivity index (χ0n) is 13.9. The summed E-state index contributed by atoms with van der Waals surface area (Å²) in [6, 6.07) is 5.91. The first-order valence-electron chi connectivity index (χ1n) is 7.87. The van der Waals surface area contributed by atoms with Crippen LogP contribution in [0, 0.1) is 0 Å².